The van der Waals surface area contributed by atoms with Crippen LogP contribution in [0, 0.1) is 0 Å². The molecule has 1 aromatic heterocycles. The number of nitrogens with zero attached hydrogens (tertiary/aromatic N) is 3. The molecule has 1 atom stereocenters. The average molecular weight is 270 g/mol. The number of imide groups is 1. The number of nitrogen functional groups attached to an aromatic ring is 1. The van der Waals surface area contributed by atoms with Crippen molar-refractivity contribution in [2.75, 3.05) is 12.8 Å². The van der Waals surface area contributed by atoms with Crippen molar-refractivity contribution in [3.05, 3.63) is 11.1 Å². The highest BCUT2D eigenvalue weighted by Crippen LogP contribution is 2.12. The van der Waals surface area contributed by atoms with Crippen LogP contribution in [0.2, 0.25) is 0 Å². The molecule has 1 radical (unpaired) electrons. The molecule has 0 bridgehead atoms. The van der Waals surface area contributed by atoms with Gasteiger partial charge in [-0.1, -0.05) is 5.16 Å². The molecule has 2 amide bonds. The fourth-order valence-electron chi connectivity index (χ4n) is 0.938. The monoisotopic (exact) mass is 270 g/mol. The lowest BCUT2D eigenvalue weighted by Gasteiger charge is -2.03. The van der Waals surface area contributed by atoms with Gasteiger partial charge >= 0.3 is 5.91 Å². The first-order chi connectivity index (χ1) is 8.45. The van der Waals surface area contributed by atoms with Crippen molar-refractivity contribution in [1.29, 1.82) is 0 Å². The van der Waals surface area contributed by atoms with Crippen molar-refractivity contribution in [2.45, 2.75) is 13.0 Å². The summed E-state index contributed by atoms with van der Waals surface area (Å²) >= 11 is 1.13. The molecule has 9 heteroatoms. The van der Waals surface area contributed by atoms with Crippen molar-refractivity contribution in [1.82, 2.24) is 10.3 Å². The number of anilines is 1. The number of carbonyl (C=O) groups is 2. The summed E-state index contributed by atoms with van der Waals surface area (Å²) in [6.45, 7) is 1.42. The van der Waals surface area contributed by atoms with Crippen LogP contribution in [-0.2, 0) is 14.4 Å². The Bertz CT molecular complexity index is 482. The minimum absolute atomic E-state index is 0.195. The summed E-state index contributed by atoms with van der Waals surface area (Å²) in [5, 5.41) is 8.56. The number of amides is 2. The van der Waals surface area contributed by atoms with Gasteiger partial charge in [-0.3, -0.25) is 9.59 Å². The van der Waals surface area contributed by atoms with Crippen LogP contribution in [0.4, 0.5) is 5.13 Å². The lowest BCUT2D eigenvalue weighted by Crippen LogP contribution is -2.39. The first-order valence-electron chi connectivity index (χ1n) is 4.83. The van der Waals surface area contributed by atoms with Gasteiger partial charge in [-0.15, -0.1) is 11.3 Å². The van der Waals surface area contributed by atoms with E-state index in [9.17, 15) is 9.59 Å². The highest BCUT2D eigenvalue weighted by atomic mass is 32.1. The van der Waals surface area contributed by atoms with Crippen molar-refractivity contribution in [2.24, 2.45) is 10.9 Å². The van der Waals surface area contributed by atoms with E-state index in [-0.39, 0.29) is 16.5 Å². The third kappa shape index (κ3) is 3.50. The van der Waals surface area contributed by atoms with E-state index in [1.165, 1.54) is 19.4 Å². The van der Waals surface area contributed by atoms with Gasteiger partial charge in [0, 0.05) is 5.38 Å². The maximum absolute atomic E-state index is 11.7. The lowest BCUT2D eigenvalue weighted by molar-refractivity contribution is -0.128. The van der Waals surface area contributed by atoms with E-state index >= 15 is 0 Å². The first kappa shape index (κ1) is 14.1. The van der Waals surface area contributed by atoms with Gasteiger partial charge in [0.1, 0.15) is 12.8 Å². The molecule has 0 saturated carbocycles. The van der Waals surface area contributed by atoms with E-state index in [1.54, 1.807) is 0 Å². The van der Waals surface area contributed by atoms with E-state index in [1.807, 2.05) is 0 Å². The van der Waals surface area contributed by atoms with Crippen molar-refractivity contribution in [3.63, 3.8) is 0 Å². The Kier molecular flexibility index (Phi) is 4.75. The standard InChI is InChI=1S/C9H12N5O3S/c1-4(10)7(15)13-8(16)6(14-17-2)5-3-18-9(11)12-5/h3-4H,10H2,1-2H3,(H2,11,12)/t4-/m0/s1. The van der Waals surface area contributed by atoms with Crippen molar-refractivity contribution in [3.8, 4) is 0 Å². The van der Waals surface area contributed by atoms with Crippen molar-refractivity contribution >= 4 is 34.0 Å². The molecule has 0 fully saturated rings. The number of aromatic nitrogens is 1. The maximum atomic E-state index is 11.7. The molecule has 4 N–H and O–H groups in total. The SMILES string of the molecule is CON=C(C(=O)[N]C(=O)[C@H](C)N)c1csc(N)n1. The molecule has 8 nitrogen and oxygen atoms in total. The Hall–Kier alpha value is -2.00. The molecular weight excluding hydrogens is 258 g/mol. The number of carbonyl (C=O) groups excluding carboxylic acids is 2. The van der Waals surface area contributed by atoms with Gasteiger partial charge in [0.15, 0.2) is 10.8 Å². The number of thiazole rings is 1. The second-order valence-electron chi connectivity index (χ2n) is 3.24. The Morgan fingerprint density at radius 1 is 1.56 bits per heavy atom. The summed E-state index contributed by atoms with van der Waals surface area (Å²) in [5.74, 6) is -1.61. The normalized spacial score (nSPS) is 12.9. The van der Waals surface area contributed by atoms with Gasteiger partial charge in [0.2, 0.25) is 0 Å². The van der Waals surface area contributed by atoms with E-state index in [0.717, 1.165) is 11.3 Å². The number of oxime groups is 1. The predicted molar refractivity (Wildman–Crippen MR) is 65.9 cm³/mol. The molecule has 0 aliphatic heterocycles. The van der Waals surface area contributed by atoms with Gasteiger partial charge in [-0.25, -0.2) is 4.98 Å². The Morgan fingerprint density at radius 2 is 2.22 bits per heavy atom. The second kappa shape index (κ2) is 6.07. The van der Waals surface area contributed by atoms with Crippen LogP contribution in [-0.4, -0.2) is 35.7 Å². The average Bonchev–Trinajstić information content (AvgIpc) is 2.72. The summed E-state index contributed by atoms with van der Waals surface area (Å²) in [7, 11) is 1.26. The largest absolute Gasteiger partial charge is 0.398 e. The summed E-state index contributed by atoms with van der Waals surface area (Å²) < 4.78 is 0. The van der Waals surface area contributed by atoms with Crippen LogP contribution >= 0.6 is 11.3 Å². The van der Waals surface area contributed by atoms with Gasteiger partial charge in [0.05, 0.1) is 6.04 Å². The van der Waals surface area contributed by atoms with E-state index < -0.39 is 17.9 Å². The van der Waals surface area contributed by atoms with E-state index in [2.05, 4.69) is 20.3 Å². The molecule has 0 aliphatic rings. The molecule has 18 heavy (non-hydrogen) atoms. The topological polar surface area (TPSA) is 135 Å². The second-order valence-corrected chi connectivity index (χ2v) is 4.13. The summed E-state index contributed by atoms with van der Waals surface area (Å²) in [4.78, 5) is 31.4. The predicted octanol–water partition coefficient (Wildman–Crippen LogP) is -0.919. The zero-order valence-electron chi connectivity index (χ0n) is 9.78. The third-order valence-electron chi connectivity index (χ3n) is 1.75. The van der Waals surface area contributed by atoms with Crippen LogP contribution < -0.4 is 16.8 Å². The number of hydrogen-bond acceptors (Lipinski definition) is 8. The lowest BCUT2D eigenvalue weighted by atomic mass is 10.2. The number of hydrogen-bond donors (Lipinski definition) is 2. The summed E-state index contributed by atoms with van der Waals surface area (Å²) in [6.07, 6.45) is 0. The Balaban J connectivity index is 2.90. The summed E-state index contributed by atoms with van der Waals surface area (Å²) in [6, 6.07) is -0.863. The molecule has 97 valence electrons. The maximum Gasteiger partial charge on any atom is 0.304 e. The van der Waals surface area contributed by atoms with Gasteiger partial charge in [0.25, 0.3) is 5.91 Å². The van der Waals surface area contributed by atoms with Crippen LogP contribution in [0.3, 0.4) is 0 Å². The van der Waals surface area contributed by atoms with Crippen LogP contribution in [0.15, 0.2) is 10.5 Å². The highest BCUT2D eigenvalue weighted by Gasteiger charge is 2.23. The van der Waals surface area contributed by atoms with E-state index in [0.29, 0.717) is 0 Å². The molecule has 1 heterocycles. The van der Waals surface area contributed by atoms with Gasteiger partial charge in [-0.05, 0) is 6.92 Å². The zero-order chi connectivity index (χ0) is 13.7. The molecular formula is C9H12N5O3S. The smallest absolute Gasteiger partial charge is 0.304 e. The fourth-order valence-corrected chi connectivity index (χ4v) is 1.49. The molecule has 0 aromatic carbocycles. The highest BCUT2D eigenvalue weighted by molar-refractivity contribution is 7.13. The number of rotatable bonds is 4. The molecule has 1 aromatic rings. The van der Waals surface area contributed by atoms with Crippen molar-refractivity contribution < 1.29 is 14.4 Å². The van der Waals surface area contributed by atoms with Gasteiger partial charge in [-0.2, -0.15) is 5.32 Å². The van der Waals surface area contributed by atoms with Crippen LogP contribution in [0.1, 0.15) is 12.6 Å². The Morgan fingerprint density at radius 3 is 2.67 bits per heavy atom. The quantitative estimate of drug-likeness (QED) is 0.536. The van der Waals surface area contributed by atoms with Crippen LogP contribution in [0.25, 0.3) is 0 Å². The minimum Gasteiger partial charge on any atom is -0.398 e. The van der Waals surface area contributed by atoms with E-state index in [4.69, 9.17) is 11.5 Å². The molecule has 1 rings (SSSR count). The first-order valence-corrected chi connectivity index (χ1v) is 5.71. The fraction of sp³-hybridized carbons (Fsp3) is 0.333. The van der Waals surface area contributed by atoms with Gasteiger partial charge < -0.3 is 16.3 Å². The molecule has 0 unspecified atom stereocenters. The molecule has 0 spiro atoms. The zero-order valence-corrected chi connectivity index (χ0v) is 10.6. The molecule has 0 saturated heterocycles. The van der Waals surface area contributed by atoms with Crippen LogP contribution in [0.5, 0.6) is 0 Å². The molecule has 0 aliphatic carbocycles. The minimum atomic E-state index is -0.871. The Labute approximate surface area is 107 Å². The third-order valence-corrected chi connectivity index (χ3v) is 2.42. The number of nitrogens with two attached hydrogens (primary N) is 2. The summed E-state index contributed by atoms with van der Waals surface area (Å²) in [5.41, 5.74) is 10.8.